The third-order valence-electron chi connectivity index (χ3n) is 2.90. The fourth-order valence-corrected chi connectivity index (χ4v) is 1.82. The zero-order valence-electron chi connectivity index (χ0n) is 11.3. The van der Waals surface area contributed by atoms with E-state index in [-0.39, 0.29) is 0 Å². The van der Waals surface area contributed by atoms with Gasteiger partial charge in [0.15, 0.2) is 0 Å². The number of carboxylic acids is 1. The Morgan fingerprint density at radius 1 is 0.882 bits per heavy atom. The first-order chi connectivity index (χ1) is 8.27. The van der Waals surface area contributed by atoms with Crippen LogP contribution in [0.5, 0.6) is 0 Å². The number of hydrogen-bond acceptors (Lipinski definition) is 1. The van der Waals surface area contributed by atoms with Gasteiger partial charge in [-0.25, -0.2) is 0 Å². The van der Waals surface area contributed by atoms with E-state index in [9.17, 15) is 4.79 Å². The third-order valence-corrected chi connectivity index (χ3v) is 2.90. The van der Waals surface area contributed by atoms with Crippen molar-refractivity contribution in [2.24, 2.45) is 0 Å². The number of rotatable bonds is 12. The number of allylic oxidation sites excluding steroid dienone is 2. The van der Waals surface area contributed by atoms with Crippen LogP contribution in [-0.4, -0.2) is 11.1 Å². The number of aliphatic carboxylic acids is 1. The molecular weight excluding hydrogens is 212 g/mol. The highest BCUT2D eigenvalue weighted by Crippen LogP contribution is 2.08. The molecule has 0 atom stereocenters. The summed E-state index contributed by atoms with van der Waals surface area (Å²) in [5.41, 5.74) is 0. The molecule has 2 heteroatoms. The molecule has 0 fully saturated rings. The van der Waals surface area contributed by atoms with Gasteiger partial charge in [0, 0.05) is 6.42 Å². The first-order valence-electron chi connectivity index (χ1n) is 7.14. The molecule has 0 aliphatic carbocycles. The minimum Gasteiger partial charge on any atom is -0.481 e. The van der Waals surface area contributed by atoms with E-state index in [1.807, 2.05) is 0 Å². The van der Waals surface area contributed by atoms with Crippen LogP contribution < -0.4 is 0 Å². The largest absolute Gasteiger partial charge is 0.481 e. The Morgan fingerprint density at radius 2 is 1.41 bits per heavy atom. The van der Waals surface area contributed by atoms with Crippen LogP contribution >= 0.6 is 0 Å². The van der Waals surface area contributed by atoms with E-state index < -0.39 is 5.97 Å². The van der Waals surface area contributed by atoms with Gasteiger partial charge in [-0.05, 0) is 32.1 Å². The molecule has 100 valence electrons. The minimum atomic E-state index is -0.680. The molecule has 0 spiro atoms. The van der Waals surface area contributed by atoms with Crippen molar-refractivity contribution in [3.63, 3.8) is 0 Å². The van der Waals surface area contributed by atoms with Crippen molar-refractivity contribution in [2.45, 2.75) is 77.6 Å². The maximum atomic E-state index is 10.3. The first kappa shape index (κ1) is 16.2. The van der Waals surface area contributed by atoms with Gasteiger partial charge in [0.25, 0.3) is 0 Å². The van der Waals surface area contributed by atoms with Gasteiger partial charge in [-0.2, -0.15) is 0 Å². The Labute approximate surface area is 106 Å². The predicted octanol–water partition coefficient (Wildman–Crippen LogP) is 4.94. The highest BCUT2D eigenvalue weighted by atomic mass is 16.4. The van der Waals surface area contributed by atoms with Crippen molar-refractivity contribution >= 4 is 5.97 Å². The zero-order chi connectivity index (χ0) is 12.8. The zero-order valence-corrected chi connectivity index (χ0v) is 11.3. The summed E-state index contributed by atoms with van der Waals surface area (Å²) in [4.78, 5) is 10.3. The lowest BCUT2D eigenvalue weighted by Gasteiger charge is -1.97. The van der Waals surface area contributed by atoms with Gasteiger partial charge in [0.05, 0.1) is 0 Å². The molecule has 0 saturated heterocycles. The van der Waals surface area contributed by atoms with Crippen molar-refractivity contribution in [2.75, 3.05) is 0 Å². The topological polar surface area (TPSA) is 37.3 Å². The molecule has 17 heavy (non-hydrogen) atoms. The average molecular weight is 240 g/mol. The molecule has 0 heterocycles. The second-order valence-corrected chi connectivity index (χ2v) is 4.67. The normalized spacial score (nSPS) is 11.1. The summed E-state index contributed by atoms with van der Waals surface area (Å²) in [6.45, 7) is 2.24. The van der Waals surface area contributed by atoms with Crippen LogP contribution in [0.2, 0.25) is 0 Å². The molecule has 1 N–H and O–H groups in total. The Morgan fingerprint density at radius 3 is 2.00 bits per heavy atom. The van der Waals surface area contributed by atoms with Crippen molar-refractivity contribution < 1.29 is 9.90 Å². The van der Waals surface area contributed by atoms with E-state index >= 15 is 0 Å². The SMILES string of the molecule is CCCCCCCCC=CCCCCC(=O)O. The standard InChI is InChI=1S/C15H28O2/c1-2-3-4-5-6-7-8-9-10-11-12-13-14-15(16)17/h9-10H,2-8,11-14H2,1H3,(H,16,17). The second kappa shape index (κ2) is 13.3. The quantitative estimate of drug-likeness (QED) is 0.387. The van der Waals surface area contributed by atoms with E-state index in [0.717, 1.165) is 19.3 Å². The van der Waals surface area contributed by atoms with E-state index in [1.165, 1.54) is 44.9 Å². The van der Waals surface area contributed by atoms with Crippen molar-refractivity contribution in [1.29, 1.82) is 0 Å². The number of carboxylic acid groups (broad SMARTS) is 1. The van der Waals surface area contributed by atoms with Gasteiger partial charge in [-0.15, -0.1) is 0 Å². The van der Waals surface area contributed by atoms with Gasteiger partial charge in [-0.3, -0.25) is 4.79 Å². The average Bonchev–Trinajstić information content (AvgIpc) is 2.30. The Balaban J connectivity index is 3.07. The molecule has 0 aliphatic rings. The van der Waals surface area contributed by atoms with E-state index in [4.69, 9.17) is 5.11 Å². The van der Waals surface area contributed by atoms with Gasteiger partial charge >= 0.3 is 5.97 Å². The molecule has 0 aliphatic heterocycles. The van der Waals surface area contributed by atoms with Crippen molar-refractivity contribution in [1.82, 2.24) is 0 Å². The van der Waals surface area contributed by atoms with Crippen molar-refractivity contribution in [3.05, 3.63) is 12.2 Å². The summed E-state index contributed by atoms with van der Waals surface area (Å²) in [6, 6.07) is 0. The fourth-order valence-electron chi connectivity index (χ4n) is 1.82. The van der Waals surface area contributed by atoms with Crippen LogP contribution in [0.25, 0.3) is 0 Å². The summed E-state index contributed by atoms with van der Waals surface area (Å²) >= 11 is 0. The van der Waals surface area contributed by atoms with Crippen LogP contribution in [0, 0.1) is 0 Å². The van der Waals surface area contributed by atoms with E-state index in [2.05, 4.69) is 19.1 Å². The second-order valence-electron chi connectivity index (χ2n) is 4.67. The molecular formula is C15H28O2. The molecule has 0 radical (unpaired) electrons. The van der Waals surface area contributed by atoms with Crippen LogP contribution in [0.15, 0.2) is 12.2 Å². The molecule has 2 nitrogen and oxygen atoms in total. The fraction of sp³-hybridized carbons (Fsp3) is 0.800. The lowest BCUT2D eigenvalue weighted by atomic mass is 10.1. The Bertz CT molecular complexity index is 197. The number of hydrogen-bond donors (Lipinski definition) is 1. The molecule has 0 saturated carbocycles. The summed E-state index contributed by atoms with van der Waals surface area (Å²) in [7, 11) is 0. The molecule has 0 aromatic carbocycles. The maximum Gasteiger partial charge on any atom is 0.303 e. The summed E-state index contributed by atoms with van der Waals surface area (Å²) in [5.74, 6) is -0.680. The third kappa shape index (κ3) is 15.2. The number of unbranched alkanes of at least 4 members (excludes halogenated alkanes) is 8. The maximum absolute atomic E-state index is 10.3. The lowest BCUT2D eigenvalue weighted by Crippen LogP contribution is -1.92. The first-order valence-corrected chi connectivity index (χ1v) is 7.14. The summed E-state index contributed by atoms with van der Waals surface area (Å²) in [5, 5.41) is 8.46. The van der Waals surface area contributed by atoms with Gasteiger partial charge in [0.2, 0.25) is 0 Å². The molecule has 0 bridgehead atoms. The van der Waals surface area contributed by atoms with Crippen LogP contribution in [0.1, 0.15) is 77.6 Å². The molecule has 0 aromatic rings. The van der Waals surface area contributed by atoms with Gasteiger partial charge < -0.3 is 5.11 Å². The number of carbonyl (C=O) groups is 1. The van der Waals surface area contributed by atoms with Crippen LogP contribution in [0.3, 0.4) is 0 Å². The predicted molar refractivity (Wildman–Crippen MR) is 73.2 cm³/mol. The minimum absolute atomic E-state index is 0.311. The molecule has 0 amide bonds. The van der Waals surface area contributed by atoms with Crippen LogP contribution in [-0.2, 0) is 4.79 Å². The Kier molecular flexibility index (Phi) is 12.7. The van der Waals surface area contributed by atoms with E-state index in [0.29, 0.717) is 6.42 Å². The summed E-state index contributed by atoms with van der Waals surface area (Å²) < 4.78 is 0. The highest BCUT2D eigenvalue weighted by molar-refractivity contribution is 5.66. The molecule has 0 unspecified atom stereocenters. The highest BCUT2D eigenvalue weighted by Gasteiger charge is 1.94. The van der Waals surface area contributed by atoms with Crippen molar-refractivity contribution in [3.8, 4) is 0 Å². The smallest absolute Gasteiger partial charge is 0.303 e. The summed E-state index contributed by atoms with van der Waals surface area (Å²) in [6.07, 6.45) is 16.9. The van der Waals surface area contributed by atoms with Crippen LogP contribution in [0.4, 0.5) is 0 Å². The molecule has 0 aromatic heterocycles. The van der Waals surface area contributed by atoms with Gasteiger partial charge in [0.1, 0.15) is 0 Å². The molecule has 0 rings (SSSR count). The monoisotopic (exact) mass is 240 g/mol. The van der Waals surface area contributed by atoms with Gasteiger partial charge in [-0.1, -0.05) is 51.2 Å². The Hall–Kier alpha value is -0.790. The van der Waals surface area contributed by atoms with E-state index in [1.54, 1.807) is 0 Å². The lowest BCUT2D eigenvalue weighted by molar-refractivity contribution is -0.137.